The minimum Gasteiger partial charge on any atom is -0.349 e. The van der Waals surface area contributed by atoms with Gasteiger partial charge in [-0.15, -0.1) is 0 Å². The Labute approximate surface area is 144 Å². The van der Waals surface area contributed by atoms with Crippen molar-refractivity contribution in [2.75, 3.05) is 13.1 Å². The molecule has 3 nitrogen and oxygen atoms in total. The van der Waals surface area contributed by atoms with Crippen molar-refractivity contribution in [1.82, 2.24) is 10.6 Å². The fraction of sp³-hybridized carbons (Fsp3) is 0.650. The number of benzene rings is 1. The van der Waals surface area contributed by atoms with E-state index in [2.05, 4.69) is 10.6 Å². The molecule has 0 radical (unpaired) electrons. The van der Waals surface area contributed by atoms with E-state index in [1.807, 2.05) is 6.07 Å². The smallest absolute Gasteiger partial charge is 0.220 e. The van der Waals surface area contributed by atoms with Crippen LogP contribution in [0.4, 0.5) is 4.39 Å². The highest BCUT2D eigenvalue weighted by molar-refractivity contribution is 5.76. The van der Waals surface area contributed by atoms with Gasteiger partial charge in [-0.3, -0.25) is 4.79 Å². The Morgan fingerprint density at radius 3 is 2.67 bits per heavy atom. The molecule has 1 saturated carbocycles. The molecule has 0 bridgehead atoms. The Morgan fingerprint density at radius 2 is 1.96 bits per heavy atom. The fourth-order valence-corrected chi connectivity index (χ4v) is 4.22. The molecule has 132 valence electrons. The summed E-state index contributed by atoms with van der Waals surface area (Å²) in [5.41, 5.74) is 0.914. The second kappa shape index (κ2) is 8.61. The van der Waals surface area contributed by atoms with E-state index in [1.54, 1.807) is 12.1 Å². The van der Waals surface area contributed by atoms with Crippen molar-refractivity contribution in [2.45, 2.75) is 57.4 Å². The SMILES string of the molecule is O=C(CCC1CCNCC1)NC(c1cccc(F)c1)C1CCCC1. The lowest BCUT2D eigenvalue weighted by Gasteiger charge is -2.26. The van der Waals surface area contributed by atoms with Crippen molar-refractivity contribution < 1.29 is 9.18 Å². The summed E-state index contributed by atoms with van der Waals surface area (Å²) in [6.07, 6.45) is 8.55. The normalized spacial score (nSPS) is 20.9. The van der Waals surface area contributed by atoms with Crippen LogP contribution >= 0.6 is 0 Å². The topological polar surface area (TPSA) is 41.1 Å². The van der Waals surface area contributed by atoms with Crippen molar-refractivity contribution in [3.05, 3.63) is 35.6 Å². The second-order valence-electron chi connectivity index (χ2n) is 7.38. The summed E-state index contributed by atoms with van der Waals surface area (Å²) in [5, 5.41) is 6.58. The van der Waals surface area contributed by atoms with Crippen LogP contribution in [-0.4, -0.2) is 19.0 Å². The van der Waals surface area contributed by atoms with Gasteiger partial charge in [-0.25, -0.2) is 4.39 Å². The van der Waals surface area contributed by atoms with Crippen molar-refractivity contribution in [3.63, 3.8) is 0 Å². The van der Waals surface area contributed by atoms with Crippen LogP contribution < -0.4 is 10.6 Å². The number of carbonyl (C=O) groups is 1. The molecule has 3 rings (SSSR count). The van der Waals surface area contributed by atoms with Gasteiger partial charge in [0.05, 0.1) is 6.04 Å². The number of hydrogen-bond acceptors (Lipinski definition) is 2. The minimum absolute atomic E-state index is 0.0382. The van der Waals surface area contributed by atoms with E-state index >= 15 is 0 Å². The summed E-state index contributed by atoms with van der Waals surface area (Å²) in [7, 11) is 0. The van der Waals surface area contributed by atoms with Gasteiger partial charge in [0.15, 0.2) is 0 Å². The molecule has 1 aromatic rings. The summed E-state index contributed by atoms with van der Waals surface area (Å²) in [6.45, 7) is 2.14. The highest BCUT2D eigenvalue weighted by atomic mass is 19.1. The van der Waals surface area contributed by atoms with E-state index in [0.717, 1.165) is 37.9 Å². The number of halogens is 1. The van der Waals surface area contributed by atoms with Crippen LogP contribution in [0.3, 0.4) is 0 Å². The largest absolute Gasteiger partial charge is 0.349 e. The Hall–Kier alpha value is -1.42. The molecule has 1 aliphatic carbocycles. The first kappa shape index (κ1) is 17.4. The van der Waals surface area contributed by atoms with Crippen LogP contribution in [0.25, 0.3) is 0 Å². The second-order valence-corrected chi connectivity index (χ2v) is 7.38. The fourth-order valence-electron chi connectivity index (χ4n) is 4.22. The highest BCUT2D eigenvalue weighted by Gasteiger charge is 2.28. The molecule has 1 atom stereocenters. The molecule has 0 aromatic heterocycles. The Morgan fingerprint density at radius 1 is 1.21 bits per heavy atom. The van der Waals surface area contributed by atoms with E-state index in [4.69, 9.17) is 0 Å². The van der Waals surface area contributed by atoms with Crippen LogP contribution in [0.2, 0.25) is 0 Å². The zero-order valence-corrected chi connectivity index (χ0v) is 14.4. The van der Waals surface area contributed by atoms with Gasteiger partial charge in [0.25, 0.3) is 0 Å². The van der Waals surface area contributed by atoms with Crippen LogP contribution in [0, 0.1) is 17.7 Å². The van der Waals surface area contributed by atoms with Gasteiger partial charge in [-0.2, -0.15) is 0 Å². The van der Waals surface area contributed by atoms with E-state index in [9.17, 15) is 9.18 Å². The van der Waals surface area contributed by atoms with Gasteiger partial charge in [0.2, 0.25) is 5.91 Å². The summed E-state index contributed by atoms with van der Waals surface area (Å²) < 4.78 is 13.6. The molecule has 1 aromatic carbocycles. The maximum Gasteiger partial charge on any atom is 0.220 e. The Balaban J connectivity index is 1.59. The van der Waals surface area contributed by atoms with Crippen LogP contribution in [0.5, 0.6) is 0 Å². The summed E-state index contributed by atoms with van der Waals surface area (Å²) >= 11 is 0. The third-order valence-corrected chi connectivity index (χ3v) is 5.63. The lowest BCUT2D eigenvalue weighted by molar-refractivity contribution is -0.122. The molecule has 1 heterocycles. The van der Waals surface area contributed by atoms with Gasteiger partial charge >= 0.3 is 0 Å². The van der Waals surface area contributed by atoms with Gasteiger partial charge in [-0.05, 0) is 74.7 Å². The van der Waals surface area contributed by atoms with Crippen molar-refractivity contribution in [3.8, 4) is 0 Å². The minimum atomic E-state index is -0.223. The highest BCUT2D eigenvalue weighted by Crippen LogP contribution is 2.36. The van der Waals surface area contributed by atoms with Gasteiger partial charge in [-0.1, -0.05) is 25.0 Å². The Kier molecular flexibility index (Phi) is 6.24. The number of rotatable bonds is 6. The first-order valence-electron chi connectivity index (χ1n) is 9.48. The molecular weight excluding hydrogens is 303 g/mol. The van der Waals surface area contributed by atoms with Crippen LogP contribution in [-0.2, 0) is 4.79 Å². The van der Waals surface area contributed by atoms with Crippen molar-refractivity contribution >= 4 is 5.91 Å². The third-order valence-electron chi connectivity index (χ3n) is 5.63. The molecule has 2 fully saturated rings. The average molecular weight is 332 g/mol. The first-order valence-corrected chi connectivity index (χ1v) is 9.48. The van der Waals surface area contributed by atoms with E-state index in [1.165, 1.54) is 31.7 Å². The third kappa shape index (κ3) is 4.79. The number of nitrogens with one attached hydrogen (secondary N) is 2. The molecule has 2 N–H and O–H groups in total. The van der Waals surface area contributed by atoms with Gasteiger partial charge in [0.1, 0.15) is 5.82 Å². The number of amides is 1. The van der Waals surface area contributed by atoms with E-state index < -0.39 is 0 Å². The van der Waals surface area contributed by atoms with E-state index in [-0.39, 0.29) is 17.8 Å². The lowest BCUT2D eigenvalue weighted by Crippen LogP contribution is -2.33. The molecule has 24 heavy (non-hydrogen) atoms. The van der Waals surface area contributed by atoms with Crippen LogP contribution in [0.15, 0.2) is 24.3 Å². The standard InChI is InChI=1S/C20H29FN2O/c21-18-7-3-6-17(14-18)20(16-4-1-2-5-16)23-19(24)9-8-15-10-12-22-13-11-15/h3,6-7,14-16,20,22H,1-2,4-5,8-13H2,(H,23,24). The van der Waals surface area contributed by atoms with Crippen molar-refractivity contribution in [1.29, 1.82) is 0 Å². The zero-order chi connectivity index (χ0) is 16.8. The summed E-state index contributed by atoms with van der Waals surface area (Å²) in [6, 6.07) is 6.70. The zero-order valence-electron chi connectivity index (χ0n) is 14.4. The number of piperidine rings is 1. The molecule has 1 amide bonds. The van der Waals surface area contributed by atoms with E-state index in [0.29, 0.717) is 18.3 Å². The predicted octanol–water partition coefficient (Wildman–Crippen LogP) is 3.95. The summed E-state index contributed by atoms with van der Waals surface area (Å²) in [5.74, 6) is 1.000. The maximum absolute atomic E-state index is 13.6. The Bertz CT molecular complexity index is 536. The lowest BCUT2D eigenvalue weighted by atomic mass is 9.90. The molecule has 1 aliphatic heterocycles. The quantitative estimate of drug-likeness (QED) is 0.828. The predicted molar refractivity (Wildman–Crippen MR) is 94.1 cm³/mol. The monoisotopic (exact) mass is 332 g/mol. The first-order chi connectivity index (χ1) is 11.7. The average Bonchev–Trinajstić information content (AvgIpc) is 3.13. The number of hydrogen-bond donors (Lipinski definition) is 2. The molecular formula is C20H29FN2O. The molecule has 1 unspecified atom stereocenters. The molecule has 0 spiro atoms. The van der Waals surface area contributed by atoms with Gasteiger partial charge in [0, 0.05) is 6.42 Å². The molecule has 2 aliphatic rings. The number of carbonyl (C=O) groups excluding carboxylic acids is 1. The molecule has 1 saturated heterocycles. The molecule has 4 heteroatoms. The summed E-state index contributed by atoms with van der Waals surface area (Å²) in [4.78, 5) is 12.5. The van der Waals surface area contributed by atoms with Crippen LogP contribution in [0.1, 0.15) is 63.0 Å². The maximum atomic E-state index is 13.6. The van der Waals surface area contributed by atoms with Crippen molar-refractivity contribution in [2.24, 2.45) is 11.8 Å². The van der Waals surface area contributed by atoms with Gasteiger partial charge < -0.3 is 10.6 Å².